The Labute approximate surface area is 168 Å². The van der Waals surface area contributed by atoms with Gasteiger partial charge in [0.2, 0.25) is 0 Å². The number of ether oxygens (including phenoxy) is 1. The first-order valence-corrected chi connectivity index (χ1v) is 8.76. The third-order valence-corrected chi connectivity index (χ3v) is 4.47. The minimum atomic E-state index is 0. The fourth-order valence-electron chi connectivity index (χ4n) is 2.90. The molecule has 0 atom stereocenters. The Morgan fingerprint density at radius 1 is 1.32 bits per heavy atom. The molecule has 1 aliphatic rings. The van der Waals surface area contributed by atoms with E-state index in [1.165, 1.54) is 5.56 Å². The quantitative estimate of drug-likeness (QED) is 0.275. The third-order valence-electron chi connectivity index (χ3n) is 4.47. The average molecular weight is 464 g/mol. The number of hydrogen-bond acceptors (Lipinski definition) is 4. The standard InChI is InChI=1S/C17H32N6O.HI/c1-17(2,23-8-10-24-11-9-23)14-20-16(18-3)19-7-5-6-15-12-21-22(4)13-15;/h12-13H,5-11,14H2,1-4H3,(H2,18,19,20);1H. The number of aromatic nitrogens is 2. The maximum absolute atomic E-state index is 5.44. The second-order valence-electron chi connectivity index (χ2n) is 6.89. The van der Waals surface area contributed by atoms with Crippen LogP contribution in [0.5, 0.6) is 0 Å². The summed E-state index contributed by atoms with van der Waals surface area (Å²) >= 11 is 0. The van der Waals surface area contributed by atoms with Crippen LogP contribution in [0.4, 0.5) is 0 Å². The van der Waals surface area contributed by atoms with Crippen molar-refractivity contribution in [3.8, 4) is 0 Å². The molecule has 1 fully saturated rings. The van der Waals surface area contributed by atoms with Crippen LogP contribution in [-0.4, -0.2) is 72.6 Å². The van der Waals surface area contributed by atoms with Crippen molar-refractivity contribution in [1.29, 1.82) is 0 Å². The van der Waals surface area contributed by atoms with Crippen LogP contribution in [0.1, 0.15) is 25.8 Å². The van der Waals surface area contributed by atoms with Gasteiger partial charge < -0.3 is 15.4 Å². The van der Waals surface area contributed by atoms with E-state index in [1.807, 2.05) is 25.0 Å². The lowest BCUT2D eigenvalue weighted by atomic mass is 10.0. The molecule has 2 N–H and O–H groups in total. The maximum Gasteiger partial charge on any atom is 0.191 e. The van der Waals surface area contributed by atoms with E-state index in [4.69, 9.17) is 4.74 Å². The molecule has 0 saturated carbocycles. The predicted octanol–water partition coefficient (Wildman–Crippen LogP) is 1.25. The average Bonchev–Trinajstić information content (AvgIpc) is 3.00. The summed E-state index contributed by atoms with van der Waals surface area (Å²) in [4.78, 5) is 6.79. The van der Waals surface area contributed by atoms with Crippen molar-refractivity contribution in [3.63, 3.8) is 0 Å². The number of morpholine rings is 1. The van der Waals surface area contributed by atoms with Crippen LogP contribution in [0.15, 0.2) is 17.4 Å². The van der Waals surface area contributed by atoms with Gasteiger partial charge in [-0.15, -0.1) is 24.0 Å². The molecule has 0 unspecified atom stereocenters. The second-order valence-corrected chi connectivity index (χ2v) is 6.89. The van der Waals surface area contributed by atoms with E-state index in [9.17, 15) is 0 Å². The zero-order chi connectivity index (χ0) is 17.4. The van der Waals surface area contributed by atoms with Crippen molar-refractivity contribution in [3.05, 3.63) is 18.0 Å². The molecule has 2 heterocycles. The highest BCUT2D eigenvalue weighted by atomic mass is 127. The molecule has 25 heavy (non-hydrogen) atoms. The molecule has 7 nitrogen and oxygen atoms in total. The minimum Gasteiger partial charge on any atom is -0.379 e. The Morgan fingerprint density at radius 2 is 2.04 bits per heavy atom. The van der Waals surface area contributed by atoms with Gasteiger partial charge >= 0.3 is 0 Å². The van der Waals surface area contributed by atoms with E-state index in [-0.39, 0.29) is 29.5 Å². The fourth-order valence-corrected chi connectivity index (χ4v) is 2.90. The highest BCUT2D eigenvalue weighted by molar-refractivity contribution is 14.0. The summed E-state index contributed by atoms with van der Waals surface area (Å²) in [5.41, 5.74) is 1.35. The molecule has 1 aromatic rings. The topological polar surface area (TPSA) is 66.7 Å². The third kappa shape index (κ3) is 7.49. The van der Waals surface area contributed by atoms with Gasteiger partial charge in [0.15, 0.2) is 5.96 Å². The molecule has 1 aromatic heterocycles. The van der Waals surface area contributed by atoms with Crippen LogP contribution in [0, 0.1) is 0 Å². The Hall–Kier alpha value is -0.870. The van der Waals surface area contributed by atoms with Crippen LogP contribution < -0.4 is 10.6 Å². The van der Waals surface area contributed by atoms with Crippen LogP contribution >= 0.6 is 24.0 Å². The number of nitrogens with zero attached hydrogens (tertiary/aromatic N) is 4. The molecule has 0 spiro atoms. The lowest BCUT2D eigenvalue weighted by molar-refractivity contribution is -0.00833. The second kappa shape index (κ2) is 11.0. The van der Waals surface area contributed by atoms with E-state index in [0.717, 1.165) is 58.2 Å². The summed E-state index contributed by atoms with van der Waals surface area (Å²) in [6, 6.07) is 0. The Kier molecular flexibility index (Phi) is 9.73. The van der Waals surface area contributed by atoms with Crippen LogP contribution in [0.3, 0.4) is 0 Å². The van der Waals surface area contributed by atoms with E-state index in [1.54, 1.807) is 0 Å². The number of hydrogen-bond donors (Lipinski definition) is 2. The molecule has 1 aliphatic heterocycles. The number of halogens is 1. The smallest absolute Gasteiger partial charge is 0.191 e. The molecule has 0 aromatic carbocycles. The van der Waals surface area contributed by atoms with Crippen LogP contribution in [0.25, 0.3) is 0 Å². The van der Waals surface area contributed by atoms with Gasteiger partial charge in [-0.25, -0.2) is 0 Å². The molecule has 0 amide bonds. The number of aliphatic imine (C=N–C) groups is 1. The zero-order valence-corrected chi connectivity index (χ0v) is 18.2. The van der Waals surface area contributed by atoms with Crippen molar-refractivity contribution in [2.24, 2.45) is 12.0 Å². The van der Waals surface area contributed by atoms with Crippen LogP contribution in [0.2, 0.25) is 0 Å². The van der Waals surface area contributed by atoms with Gasteiger partial charge in [-0.05, 0) is 32.3 Å². The molecule has 144 valence electrons. The Morgan fingerprint density at radius 3 is 2.64 bits per heavy atom. The zero-order valence-electron chi connectivity index (χ0n) is 15.9. The predicted molar refractivity (Wildman–Crippen MR) is 113 cm³/mol. The fraction of sp³-hybridized carbons (Fsp3) is 0.765. The summed E-state index contributed by atoms with van der Waals surface area (Å²) in [5.74, 6) is 0.863. The monoisotopic (exact) mass is 464 g/mol. The summed E-state index contributed by atoms with van der Waals surface area (Å²) in [7, 11) is 3.77. The van der Waals surface area contributed by atoms with Crippen molar-refractivity contribution in [1.82, 2.24) is 25.3 Å². The van der Waals surface area contributed by atoms with Crippen molar-refractivity contribution in [2.45, 2.75) is 32.2 Å². The molecule has 2 rings (SSSR count). The van der Waals surface area contributed by atoms with Gasteiger partial charge in [-0.1, -0.05) is 0 Å². The van der Waals surface area contributed by atoms with Gasteiger partial charge in [0.05, 0.1) is 19.4 Å². The van der Waals surface area contributed by atoms with Gasteiger partial charge in [-0.2, -0.15) is 5.10 Å². The molecule has 1 saturated heterocycles. The molecule has 0 aliphatic carbocycles. The van der Waals surface area contributed by atoms with Crippen LogP contribution in [-0.2, 0) is 18.2 Å². The summed E-state index contributed by atoms with van der Waals surface area (Å²) in [6.45, 7) is 9.91. The highest BCUT2D eigenvalue weighted by Gasteiger charge is 2.28. The highest BCUT2D eigenvalue weighted by Crippen LogP contribution is 2.14. The lowest BCUT2D eigenvalue weighted by Crippen LogP contribution is -2.56. The van der Waals surface area contributed by atoms with E-state index in [2.05, 4.69) is 45.7 Å². The van der Waals surface area contributed by atoms with E-state index < -0.39 is 0 Å². The largest absolute Gasteiger partial charge is 0.379 e. The first kappa shape index (κ1) is 22.2. The summed E-state index contributed by atoms with van der Waals surface area (Å²) in [6.07, 6.45) is 6.08. The number of aryl methyl sites for hydroxylation is 2. The van der Waals surface area contributed by atoms with Gasteiger partial charge in [0.1, 0.15) is 0 Å². The SMILES string of the molecule is CN=C(NCCCc1cnn(C)c1)NCC(C)(C)N1CCOCC1.I. The van der Waals surface area contributed by atoms with E-state index in [0.29, 0.717) is 0 Å². The number of nitrogens with one attached hydrogen (secondary N) is 2. The van der Waals surface area contributed by atoms with E-state index >= 15 is 0 Å². The molecular formula is C17H33IN6O. The number of guanidine groups is 1. The van der Waals surface area contributed by atoms with Crippen molar-refractivity contribution >= 4 is 29.9 Å². The summed E-state index contributed by atoms with van der Waals surface area (Å²) in [5, 5.41) is 11.0. The van der Waals surface area contributed by atoms with Gasteiger partial charge in [0.25, 0.3) is 0 Å². The maximum atomic E-state index is 5.44. The molecule has 0 bridgehead atoms. The van der Waals surface area contributed by atoms with Crippen molar-refractivity contribution < 1.29 is 4.74 Å². The molecule has 0 radical (unpaired) electrons. The normalized spacial score (nSPS) is 16.4. The van der Waals surface area contributed by atoms with Gasteiger partial charge in [-0.3, -0.25) is 14.6 Å². The van der Waals surface area contributed by atoms with Crippen molar-refractivity contribution in [2.75, 3.05) is 46.4 Å². The lowest BCUT2D eigenvalue weighted by Gasteiger charge is -2.41. The minimum absolute atomic E-state index is 0. The first-order valence-electron chi connectivity index (χ1n) is 8.76. The molecular weight excluding hydrogens is 431 g/mol. The first-order chi connectivity index (χ1) is 11.5. The molecule has 8 heteroatoms. The Balaban J connectivity index is 0.00000312. The Bertz CT molecular complexity index is 525. The van der Waals surface area contributed by atoms with Gasteiger partial charge in [0, 0.05) is 52.0 Å². The number of rotatable bonds is 7. The summed E-state index contributed by atoms with van der Waals surface area (Å²) < 4.78 is 7.29.